The molecule has 2 aromatic carbocycles. The first-order chi connectivity index (χ1) is 14.1. The van der Waals surface area contributed by atoms with Gasteiger partial charge in [-0.25, -0.2) is 0 Å². The van der Waals surface area contributed by atoms with Crippen molar-refractivity contribution in [3.63, 3.8) is 0 Å². The number of aryl methyl sites for hydroxylation is 1. The molecule has 0 radical (unpaired) electrons. The highest BCUT2D eigenvalue weighted by Crippen LogP contribution is 2.37. The average Bonchev–Trinajstić information content (AvgIpc) is 3.16. The van der Waals surface area contributed by atoms with E-state index in [2.05, 4.69) is 16.2 Å². The molecule has 30 heavy (non-hydrogen) atoms. The number of carbonyl (C=O) groups is 1. The lowest BCUT2D eigenvalue weighted by atomic mass is 10.1. The van der Waals surface area contributed by atoms with Crippen molar-refractivity contribution in [1.82, 2.24) is 10.9 Å². The molecular formula is C20H15ClF3N3O2S. The number of thiocarbonyl (C=S) groups is 1. The second-order valence-electron chi connectivity index (χ2n) is 6.26. The maximum Gasteiger partial charge on any atom is 0.417 e. The minimum atomic E-state index is -4.61. The number of amides is 1. The summed E-state index contributed by atoms with van der Waals surface area (Å²) < 4.78 is 44.5. The van der Waals surface area contributed by atoms with Crippen LogP contribution in [-0.4, -0.2) is 11.0 Å². The monoisotopic (exact) mass is 453 g/mol. The molecule has 0 aliphatic heterocycles. The molecule has 1 aromatic heterocycles. The predicted molar refractivity (Wildman–Crippen MR) is 112 cm³/mol. The zero-order valence-corrected chi connectivity index (χ0v) is 17.0. The molecule has 10 heteroatoms. The van der Waals surface area contributed by atoms with Gasteiger partial charge in [0.1, 0.15) is 5.76 Å². The summed E-state index contributed by atoms with van der Waals surface area (Å²) in [5, 5.41) is 2.63. The third-order valence-electron chi connectivity index (χ3n) is 3.95. The minimum Gasteiger partial charge on any atom is -0.451 e. The van der Waals surface area contributed by atoms with Crippen LogP contribution in [0.1, 0.15) is 21.7 Å². The van der Waals surface area contributed by atoms with Crippen LogP contribution in [0, 0.1) is 6.92 Å². The van der Waals surface area contributed by atoms with Gasteiger partial charge >= 0.3 is 12.1 Å². The van der Waals surface area contributed by atoms with Crippen LogP contribution in [0.3, 0.4) is 0 Å². The van der Waals surface area contributed by atoms with Gasteiger partial charge in [-0.1, -0.05) is 23.7 Å². The number of furan rings is 1. The van der Waals surface area contributed by atoms with Crippen molar-refractivity contribution in [1.29, 1.82) is 0 Å². The van der Waals surface area contributed by atoms with E-state index < -0.39 is 22.7 Å². The zero-order chi connectivity index (χ0) is 21.9. The molecule has 0 bridgehead atoms. The molecule has 0 atom stereocenters. The van der Waals surface area contributed by atoms with E-state index in [1.54, 1.807) is 0 Å². The Labute approximate surface area is 180 Å². The smallest absolute Gasteiger partial charge is 0.417 e. The van der Waals surface area contributed by atoms with Crippen LogP contribution in [0.2, 0.25) is 5.02 Å². The SMILES string of the molecule is Cc1cccc(NC(=S)NNC(=O)c2ccc(-c3ccc(Cl)c(C(F)(F)F)c3)o2)c1. The van der Waals surface area contributed by atoms with E-state index >= 15 is 0 Å². The van der Waals surface area contributed by atoms with Crippen LogP contribution in [0.5, 0.6) is 0 Å². The Balaban J connectivity index is 1.64. The van der Waals surface area contributed by atoms with E-state index in [-0.39, 0.29) is 22.2 Å². The number of benzene rings is 2. The Bertz CT molecular complexity index is 1100. The first-order valence-corrected chi connectivity index (χ1v) is 9.33. The summed E-state index contributed by atoms with van der Waals surface area (Å²) in [6, 6.07) is 13.5. The summed E-state index contributed by atoms with van der Waals surface area (Å²) in [6.45, 7) is 1.93. The third kappa shape index (κ3) is 5.31. The number of nitrogens with one attached hydrogen (secondary N) is 3. The van der Waals surface area contributed by atoms with Gasteiger partial charge in [0.2, 0.25) is 0 Å². The van der Waals surface area contributed by atoms with E-state index in [1.165, 1.54) is 18.2 Å². The Morgan fingerprint density at radius 3 is 2.53 bits per heavy atom. The zero-order valence-electron chi connectivity index (χ0n) is 15.4. The molecule has 0 unspecified atom stereocenters. The van der Waals surface area contributed by atoms with Crippen molar-refractivity contribution in [2.45, 2.75) is 13.1 Å². The summed E-state index contributed by atoms with van der Waals surface area (Å²) in [5.74, 6) is -0.679. The Morgan fingerprint density at radius 1 is 1.07 bits per heavy atom. The lowest BCUT2D eigenvalue weighted by Crippen LogP contribution is -2.43. The van der Waals surface area contributed by atoms with Crippen LogP contribution in [0.25, 0.3) is 11.3 Å². The Kier molecular flexibility index (Phi) is 6.33. The van der Waals surface area contributed by atoms with Crippen LogP contribution >= 0.6 is 23.8 Å². The Morgan fingerprint density at radius 2 is 1.83 bits per heavy atom. The molecule has 5 nitrogen and oxygen atoms in total. The van der Waals surface area contributed by atoms with Crippen molar-refractivity contribution >= 4 is 40.5 Å². The molecule has 0 spiro atoms. The minimum absolute atomic E-state index is 0.0859. The predicted octanol–water partition coefficient (Wildman–Crippen LogP) is 5.56. The molecule has 0 aliphatic carbocycles. The number of hydrogen-bond acceptors (Lipinski definition) is 3. The fourth-order valence-electron chi connectivity index (χ4n) is 2.57. The number of halogens is 4. The fraction of sp³-hybridized carbons (Fsp3) is 0.100. The third-order valence-corrected chi connectivity index (χ3v) is 4.49. The molecule has 0 saturated carbocycles. The number of hydrazine groups is 1. The maximum absolute atomic E-state index is 13.0. The summed E-state index contributed by atoms with van der Waals surface area (Å²) in [4.78, 5) is 12.2. The molecule has 0 aliphatic rings. The van der Waals surface area contributed by atoms with Crippen LogP contribution < -0.4 is 16.2 Å². The quantitative estimate of drug-likeness (QED) is 0.358. The van der Waals surface area contributed by atoms with E-state index in [0.29, 0.717) is 0 Å². The molecule has 3 N–H and O–H groups in total. The highest BCUT2D eigenvalue weighted by atomic mass is 35.5. The van der Waals surface area contributed by atoms with Crippen LogP contribution in [0.15, 0.2) is 59.0 Å². The van der Waals surface area contributed by atoms with Gasteiger partial charge in [-0.15, -0.1) is 0 Å². The van der Waals surface area contributed by atoms with Crippen LogP contribution in [0.4, 0.5) is 18.9 Å². The van der Waals surface area contributed by atoms with E-state index in [1.807, 2.05) is 31.2 Å². The van der Waals surface area contributed by atoms with Gasteiger partial charge in [-0.2, -0.15) is 13.2 Å². The molecule has 1 amide bonds. The number of hydrogen-bond donors (Lipinski definition) is 3. The Hall–Kier alpha value is -3.04. The standard InChI is InChI=1S/C20H15ClF3N3O2S/c1-11-3-2-4-13(9-11)25-19(30)27-26-18(28)17-8-7-16(29-17)12-5-6-15(21)14(10-12)20(22,23)24/h2-10H,1H3,(H,26,28)(H2,25,27,30). The molecule has 3 rings (SSSR count). The van der Waals surface area contributed by atoms with Crippen molar-refractivity contribution in [2.75, 3.05) is 5.32 Å². The summed E-state index contributed by atoms with van der Waals surface area (Å²) >= 11 is 10.7. The highest BCUT2D eigenvalue weighted by molar-refractivity contribution is 7.80. The molecule has 0 fully saturated rings. The van der Waals surface area contributed by atoms with Crippen molar-refractivity contribution in [3.05, 3.63) is 76.5 Å². The molecule has 3 aromatic rings. The van der Waals surface area contributed by atoms with Crippen molar-refractivity contribution < 1.29 is 22.4 Å². The van der Waals surface area contributed by atoms with Gasteiger partial charge in [0.25, 0.3) is 0 Å². The number of anilines is 1. The molecule has 1 heterocycles. The van der Waals surface area contributed by atoms with Gasteiger partial charge in [0, 0.05) is 11.3 Å². The lowest BCUT2D eigenvalue weighted by Gasteiger charge is -2.11. The number of carbonyl (C=O) groups excluding carboxylic acids is 1. The summed E-state index contributed by atoms with van der Waals surface area (Å²) in [6.07, 6.45) is -4.61. The average molecular weight is 454 g/mol. The topological polar surface area (TPSA) is 66.3 Å². The van der Waals surface area contributed by atoms with E-state index in [9.17, 15) is 18.0 Å². The van der Waals surface area contributed by atoms with Crippen molar-refractivity contribution in [2.24, 2.45) is 0 Å². The second kappa shape index (κ2) is 8.76. The molecule has 0 saturated heterocycles. The molecule has 156 valence electrons. The number of rotatable bonds is 3. The molecular weight excluding hydrogens is 439 g/mol. The maximum atomic E-state index is 13.0. The van der Waals surface area contributed by atoms with Crippen LogP contribution in [-0.2, 0) is 6.18 Å². The summed E-state index contributed by atoms with van der Waals surface area (Å²) in [5.41, 5.74) is 5.81. The van der Waals surface area contributed by atoms with Gasteiger partial charge in [-0.3, -0.25) is 15.6 Å². The lowest BCUT2D eigenvalue weighted by molar-refractivity contribution is -0.137. The van der Waals surface area contributed by atoms with Gasteiger partial charge in [0.15, 0.2) is 10.9 Å². The van der Waals surface area contributed by atoms with Gasteiger partial charge in [0.05, 0.1) is 10.6 Å². The second-order valence-corrected chi connectivity index (χ2v) is 7.07. The highest BCUT2D eigenvalue weighted by Gasteiger charge is 2.33. The van der Waals surface area contributed by atoms with E-state index in [0.717, 1.165) is 23.4 Å². The van der Waals surface area contributed by atoms with Gasteiger partial charge in [-0.05, 0) is 67.2 Å². The normalized spacial score (nSPS) is 11.1. The van der Waals surface area contributed by atoms with Gasteiger partial charge < -0.3 is 9.73 Å². The first-order valence-electron chi connectivity index (χ1n) is 8.54. The van der Waals surface area contributed by atoms with E-state index in [4.69, 9.17) is 28.2 Å². The number of alkyl halides is 3. The summed E-state index contributed by atoms with van der Waals surface area (Å²) in [7, 11) is 0. The first kappa shape index (κ1) is 21.7. The fourth-order valence-corrected chi connectivity index (χ4v) is 2.96. The largest absolute Gasteiger partial charge is 0.451 e. The van der Waals surface area contributed by atoms with Crippen molar-refractivity contribution in [3.8, 4) is 11.3 Å².